The molecule has 2 aromatic heterocycles. The Labute approximate surface area is 106 Å². The van der Waals surface area contributed by atoms with Crippen LogP contribution in [0.2, 0.25) is 0 Å². The highest BCUT2D eigenvalue weighted by Gasteiger charge is 2.32. The van der Waals surface area contributed by atoms with Crippen LogP contribution >= 0.6 is 0 Å². The summed E-state index contributed by atoms with van der Waals surface area (Å²) in [5.74, 6) is -0.0920. The number of pyridine rings is 1. The number of ketones is 1. The Morgan fingerprint density at radius 2 is 2.06 bits per heavy atom. The van der Waals surface area contributed by atoms with E-state index >= 15 is 0 Å². The van der Waals surface area contributed by atoms with Gasteiger partial charge in [-0.2, -0.15) is 5.10 Å². The number of hydrogen-bond acceptors (Lipinski definition) is 4. The minimum atomic E-state index is -0.766. The van der Waals surface area contributed by atoms with Crippen LogP contribution in [0.5, 0.6) is 0 Å². The van der Waals surface area contributed by atoms with E-state index in [9.17, 15) is 4.79 Å². The number of aryl methyl sites for hydroxylation is 1. The van der Waals surface area contributed by atoms with Gasteiger partial charge in [-0.05, 0) is 39.0 Å². The summed E-state index contributed by atoms with van der Waals surface area (Å²) >= 11 is 0. The molecule has 0 unspecified atom stereocenters. The molecule has 2 aromatic rings. The van der Waals surface area contributed by atoms with Crippen LogP contribution in [0.4, 0.5) is 5.69 Å². The number of nitrogens with two attached hydrogens (primary N) is 1. The number of rotatable bonds is 3. The van der Waals surface area contributed by atoms with Gasteiger partial charge in [-0.15, -0.1) is 0 Å². The number of hydrogen-bond donors (Lipinski definition) is 1. The topological polar surface area (TPSA) is 73.8 Å². The molecular weight excluding hydrogens is 228 g/mol. The Bertz CT molecular complexity index is 569. The maximum Gasteiger partial charge on any atom is 0.208 e. The first-order valence-corrected chi connectivity index (χ1v) is 5.70. The molecule has 0 aliphatic rings. The molecule has 0 saturated heterocycles. The van der Waals surface area contributed by atoms with Gasteiger partial charge in [0.15, 0.2) is 0 Å². The van der Waals surface area contributed by atoms with Crippen LogP contribution in [-0.4, -0.2) is 20.5 Å². The summed E-state index contributed by atoms with van der Waals surface area (Å²) in [5.41, 5.74) is 6.60. The minimum Gasteiger partial charge on any atom is -0.397 e. The van der Waals surface area contributed by atoms with Crippen molar-refractivity contribution in [3.63, 3.8) is 0 Å². The second kappa shape index (κ2) is 4.25. The molecule has 0 saturated carbocycles. The van der Waals surface area contributed by atoms with Gasteiger partial charge in [-0.3, -0.25) is 14.5 Å². The van der Waals surface area contributed by atoms with E-state index in [4.69, 9.17) is 5.73 Å². The molecule has 0 fully saturated rings. The van der Waals surface area contributed by atoms with E-state index in [1.54, 1.807) is 23.0 Å². The first kappa shape index (κ1) is 12.3. The molecule has 0 radical (unpaired) electrons. The van der Waals surface area contributed by atoms with E-state index in [-0.39, 0.29) is 5.78 Å². The van der Waals surface area contributed by atoms with Crippen LogP contribution < -0.4 is 5.73 Å². The van der Waals surface area contributed by atoms with Gasteiger partial charge >= 0.3 is 0 Å². The summed E-state index contributed by atoms with van der Waals surface area (Å²) in [6.07, 6.45) is 3.28. The first-order chi connectivity index (χ1) is 8.41. The quantitative estimate of drug-likeness (QED) is 0.835. The minimum absolute atomic E-state index is 0.0920. The van der Waals surface area contributed by atoms with E-state index in [0.29, 0.717) is 11.4 Å². The van der Waals surface area contributed by atoms with Crippen molar-refractivity contribution in [3.05, 3.63) is 42.0 Å². The van der Waals surface area contributed by atoms with Crippen LogP contribution in [-0.2, 0) is 5.54 Å². The van der Waals surface area contributed by atoms with Gasteiger partial charge in [-0.1, -0.05) is 0 Å². The molecule has 0 atom stereocenters. The summed E-state index contributed by atoms with van der Waals surface area (Å²) in [6.45, 7) is 5.53. The highest BCUT2D eigenvalue weighted by atomic mass is 16.1. The van der Waals surface area contributed by atoms with E-state index in [1.165, 1.54) is 6.20 Å². The molecule has 0 spiro atoms. The third kappa shape index (κ3) is 2.11. The molecule has 5 heteroatoms. The van der Waals surface area contributed by atoms with Crippen molar-refractivity contribution in [2.75, 3.05) is 5.73 Å². The van der Waals surface area contributed by atoms with Crippen molar-refractivity contribution >= 4 is 11.5 Å². The molecule has 2 N–H and O–H groups in total. The second-order valence-corrected chi connectivity index (χ2v) is 4.77. The number of anilines is 1. The van der Waals surface area contributed by atoms with E-state index in [1.807, 2.05) is 26.8 Å². The molecule has 0 aliphatic heterocycles. The monoisotopic (exact) mass is 244 g/mol. The van der Waals surface area contributed by atoms with Crippen molar-refractivity contribution in [3.8, 4) is 0 Å². The zero-order valence-corrected chi connectivity index (χ0v) is 10.7. The largest absolute Gasteiger partial charge is 0.397 e. The number of carbonyl (C=O) groups excluding carboxylic acids is 1. The smallest absolute Gasteiger partial charge is 0.208 e. The van der Waals surface area contributed by atoms with Gasteiger partial charge in [0.1, 0.15) is 11.2 Å². The van der Waals surface area contributed by atoms with Crippen LogP contribution in [0.1, 0.15) is 30.0 Å². The number of carbonyl (C=O) groups is 1. The third-order valence-electron chi connectivity index (χ3n) is 2.87. The maximum absolute atomic E-state index is 12.4. The van der Waals surface area contributed by atoms with Crippen LogP contribution in [0.25, 0.3) is 0 Å². The van der Waals surface area contributed by atoms with Gasteiger partial charge < -0.3 is 5.73 Å². The number of Topliss-reactive ketones (excluding diaryl/α,β-unsaturated/α-hetero) is 1. The van der Waals surface area contributed by atoms with Crippen LogP contribution in [0.3, 0.4) is 0 Å². The van der Waals surface area contributed by atoms with E-state index in [0.717, 1.165) is 5.69 Å². The fourth-order valence-corrected chi connectivity index (χ4v) is 1.68. The SMILES string of the molecule is Cc1ccn(C(C)(C)C(=O)c2ccc(N)cn2)n1. The van der Waals surface area contributed by atoms with Crippen LogP contribution in [0, 0.1) is 6.92 Å². The maximum atomic E-state index is 12.4. The fourth-order valence-electron chi connectivity index (χ4n) is 1.68. The molecule has 2 rings (SSSR count). The molecule has 0 bridgehead atoms. The molecule has 0 aliphatic carbocycles. The highest BCUT2D eigenvalue weighted by Crippen LogP contribution is 2.20. The van der Waals surface area contributed by atoms with Gasteiger partial charge in [0.05, 0.1) is 17.6 Å². The number of nitrogen functional groups attached to an aromatic ring is 1. The normalized spacial score (nSPS) is 11.5. The summed E-state index contributed by atoms with van der Waals surface area (Å²) in [4.78, 5) is 16.5. The summed E-state index contributed by atoms with van der Waals surface area (Å²) < 4.78 is 1.66. The Balaban J connectivity index is 2.35. The molecule has 0 amide bonds. The molecular formula is C13H16N4O. The van der Waals surface area contributed by atoms with Gasteiger partial charge in [0.25, 0.3) is 0 Å². The Kier molecular flexibility index (Phi) is 2.90. The summed E-state index contributed by atoms with van der Waals surface area (Å²) in [6, 6.07) is 5.17. The first-order valence-electron chi connectivity index (χ1n) is 5.70. The predicted octanol–water partition coefficient (Wildman–Crippen LogP) is 1.79. The van der Waals surface area contributed by atoms with E-state index in [2.05, 4.69) is 10.1 Å². The van der Waals surface area contributed by atoms with Crippen molar-refractivity contribution in [1.82, 2.24) is 14.8 Å². The lowest BCUT2D eigenvalue weighted by molar-refractivity contribution is 0.0828. The summed E-state index contributed by atoms with van der Waals surface area (Å²) in [7, 11) is 0. The van der Waals surface area contributed by atoms with Crippen molar-refractivity contribution in [2.24, 2.45) is 0 Å². The number of aromatic nitrogens is 3. The van der Waals surface area contributed by atoms with Gasteiger partial charge in [0, 0.05) is 6.20 Å². The molecule has 94 valence electrons. The second-order valence-electron chi connectivity index (χ2n) is 4.77. The fraction of sp³-hybridized carbons (Fsp3) is 0.308. The van der Waals surface area contributed by atoms with E-state index < -0.39 is 5.54 Å². The Morgan fingerprint density at radius 1 is 1.33 bits per heavy atom. The Morgan fingerprint density at radius 3 is 2.56 bits per heavy atom. The molecule has 5 nitrogen and oxygen atoms in total. The zero-order valence-electron chi connectivity index (χ0n) is 10.7. The third-order valence-corrected chi connectivity index (χ3v) is 2.87. The molecule has 0 aromatic carbocycles. The lowest BCUT2D eigenvalue weighted by Gasteiger charge is -2.23. The molecule has 18 heavy (non-hydrogen) atoms. The Hall–Kier alpha value is -2.17. The lowest BCUT2D eigenvalue weighted by atomic mass is 9.96. The standard InChI is InChI=1S/C13H16N4O/c1-9-6-7-17(16-9)13(2,3)12(18)11-5-4-10(14)8-15-11/h4-8H,14H2,1-3H3. The predicted molar refractivity (Wildman–Crippen MR) is 69.3 cm³/mol. The lowest BCUT2D eigenvalue weighted by Crippen LogP contribution is -2.37. The highest BCUT2D eigenvalue weighted by molar-refractivity contribution is 5.99. The van der Waals surface area contributed by atoms with Crippen molar-refractivity contribution in [1.29, 1.82) is 0 Å². The summed E-state index contributed by atoms with van der Waals surface area (Å²) in [5, 5.41) is 4.29. The zero-order chi connectivity index (χ0) is 13.3. The number of nitrogens with zero attached hydrogens (tertiary/aromatic N) is 3. The van der Waals surface area contributed by atoms with Crippen molar-refractivity contribution in [2.45, 2.75) is 26.3 Å². The van der Waals surface area contributed by atoms with Crippen LogP contribution in [0.15, 0.2) is 30.6 Å². The van der Waals surface area contributed by atoms with Gasteiger partial charge in [0.2, 0.25) is 5.78 Å². The molecule has 2 heterocycles. The van der Waals surface area contributed by atoms with Gasteiger partial charge in [-0.25, -0.2) is 0 Å². The van der Waals surface area contributed by atoms with Crippen molar-refractivity contribution < 1.29 is 4.79 Å². The average Bonchev–Trinajstić information content (AvgIpc) is 2.76. The average molecular weight is 244 g/mol.